The molecule has 35 heavy (non-hydrogen) atoms. The highest BCUT2D eigenvalue weighted by Gasteiger charge is 2.14. The first-order chi connectivity index (χ1) is 17.2. The molecule has 2 nitrogen and oxygen atoms in total. The molecule has 7 rings (SSSR count). The van der Waals surface area contributed by atoms with E-state index < -0.39 is 0 Å². The SMILES string of the molecule is Cc1ccc(-c2cccc3nc(-c4ccc(-c5cccc6c5sc5ccccc56)cc4)oc23)cc1. The van der Waals surface area contributed by atoms with E-state index in [-0.39, 0.29) is 0 Å². The van der Waals surface area contributed by atoms with Crippen LogP contribution in [0.3, 0.4) is 0 Å². The largest absolute Gasteiger partial charge is 0.435 e. The Morgan fingerprint density at radius 2 is 1.26 bits per heavy atom. The summed E-state index contributed by atoms with van der Waals surface area (Å²) in [6.07, 6.45) is 0. The number of para-hydroxylation sites is 1. The molecule has 0 bridgehead atoms. The first kappa shape index (κ1) is 20.2. The average molecular weight is 468 g/mol. The molecule has 0 amide bonds. The zero-order valence-electron chi connectivity index (χ0n) is 19.2. The summed E-state index contributed by atoms with van der Waals surface area (Å²) in [4.78, 5) is 4.80. The van der Waals surface area contributed by atoms with Crippen LogP contribution >= 0.6 is 11.3 Å². The first-order valence-electron chi connectivity index (χ1n) is 11.7. The highest BCUT2D eigenvalue weighted by atomic mass is 32.1. The fourth-order valence-electron chi connectivity index (χ4n) is 4.80. The van der Waals surface area contributed by atoms with Crippen LogP contribution in [0.5, 0.6) is 0 Å². The molecule has 7 aromatic rings. The summed E-state index contributed by atoms with van der Waals surface area (Å²) >= 11 is 1.86. The smallest absolute Gasteiger partial charge is 0.227 e. The van der Waals surface area contributed by atoms with Crippen molar-refractivity contribution in [2.45, 2.75) is 6.92 Å². The molecule has 0 fully saturated rings. The molecule has 0 saturated heterocycles. The molecule has 2 heterocycles. The van der Waals surface area contributed by atoms with Crippen LogP contribution in [-0.4, -0.2) is 4.98 Å². The number of aromatic nitrogens is 1. The van der Waals surface area contributed by atoms with Gasteiger partial charge in [-0.05, 0) is 47.9 Å². The van der Waals surface area contributed by atoms with Gasteiger partial charge in [0.05, 0.1) is 0 Å². The average Bonchev–Trinajstić information content (AvgIpc) is 3.51. The van der Waals surface area contributed by atoms with Crippen LogP contribution in [0.4, 0.5) is 0 Å². The van der Waals surface area contributed by atoms with Gasteiger partial charge < -0.3 is 4.42 Å². The van der Waals surface area contributed by atoms with Gasteiger partial charge in [-0.3, -0.25) is 0 Å². The van der Waals surface area contributed by atoms with E-state index in [4.69, 9.17) is 9.40 Å². The molecule has 0 saturated carbocycles. The number of thiophene rings is 1. The third-order valence-electron chi connectivity index (χ3n) is 6.62. The summed E-state index contributed by atoms with van der Waals surface area (Å²) in [6.45, 7) is 2.10. The Labute approximate surface area is 207 Å². The molecule has 5 aromatic carbocycles. The quantitative estimate of drug-likeness (QED) is 0.259. The molecule has 0 N–H and O–H groups in total. The van der Waals surface area contributed by atoms with Gasteiger partial charge in [-0.15, -0.1) is 11.3 Å². The number of fused-ring (bicyclic) bond motifs is 4. The zero-order chi connectivity index (χ0) is 23.4. The van der Waals surface area contributed by atoms with Crippen molar-refractivity contribution in [3.8, 4) is 33.7 Å². The summed E-state index contributed by atoms with van der Waals surface area (Å²) in [6, 6.07) is 38.4. The molecular formula is C32H21NOS. The third kappa shape index (κ3) is 3.36. The van der Waals surface area contributed by atoms with E-state index in [1.807, 2.05) is 23.5 Å². The maximum atomic E-state index is 6.32. The van der Waals surface area contributed by atoms with Crippen LogP contribution in [0.15, 0.2) is 114 Å². The van der Waals surface area contributed by atoms with Gasteiger partial charge in [0.2, 0.25) is 5.89 Å². The van der Waals surface area contributed by atoms with Crippen molar-refractivity contribution in [1.82, 2.24) is 4.98 Å². The molecule has 0 aliphatic rings. The van der Waals surface area contributed by atoms with E-state index in [1.165, 1.54) is 36.9 Å². The van der Waals surface area contributed by atoms with Crippen molar-refractivity contribution in [3.05, 3.63) is 115 Å². The maximum Gasteiger partial charge on any atom is 0.227 e. The summed E-state index contributed by atoms with van der Waals surface area (Å²) < 4.78 is 8.96. The van der Waals surface area contributed by atoms with Gasteiger partial charge in [0.15, 0.2) is 5.58 Å². The third-order valence-corrected chi connectivity index (χ3v) is 7.84. The molecule has 3 heteroatoms. The van der Waals surface area contributed by atoms with Crippen LogP contribution in [0.1, 0.15) is 5.56 Å². The lowest BCUT2D eigenvalue weighted by atomic mass is 10.0. The van der Waals surface area contributed by atoms with Crippen molar-refractivity contribution in [2.75, 3.05) is 0 Å². The van der Waals surface area contributed by atoms with E-state index in [0.717, 1.165) is 27.8 Å². The van der Waals surface area contributed by atoms with E-state index in [2.05, 4.69) is 104 Å². The molecule has 0 radical (unpaired) electrons. The van der Waals surface area contributed by atoms with Gasteiger partial charge in [-0.2, -0.15) is 0 Å². The van der Waals surface area contributed by atoms with E-state index in [1.54, 1.807) is 0 Å². The predicted molar refractivity (Wildman–Crippen MR) is 148 cm³/mol. The van der Waals surface area contributed by atoms with E-state index in [0.29, 0.717) is 5.89 Å². The lowest BCUT2D eigenvalue weighted by molar-refractivity contribution is 0.621. The number of aryl methyl sites for hydroxylation is 1. The second kappa shape index (κ2) is 7.93. The van der Waals surface area contributed by atoms with Crippen LogP contribution in [0, 0.1) is 6.92 Å². The number of hydrogen-bond acceptors (Lipinski definition) is 3. The topological polar surface area (TPSA) is 26.0 Å². The Morgan fingerprint density at radius 3 is 2.11 bits per heavy atom. The highest BCUT2D eigenvalue weighted by molar-refractivity contribution is 7.26. The number of nitrogens with zero attached hydrogens (tertiary/aromatic N) is 1. The summed E-state index contributed by atoms with van der Waals surface area (Å²) in [7, 11) is 0. The molecule has 0 unspecified atom stereocenters. The molecule has 0 aliphatic heterocycles. The van der Waals surface area contributed by atoms with Gasteiger partial charge >= 0.3 is 0 Å². The molecule has 0 atom stereocenters. The second-order valence-electron chi connectivity index (χ2n) is 8.90. The summed E-state index contributed by atoms with van der Waals surface area (Å²) in [5.41, 5.74) is 8.57. The minimum absolute atomic E-state index is 0.645. The normalized spacial score (nSPS) is 11.6. The minimum atomic E-state index is 0.645. The number of oxazole rings is 1. The molecule has 166 valence electrons. The minimum Gasteiger partial charge on any atom is -0.435 e. The number of hydrogen-bond donors (Lipinski definition) is 0. The van der Waals surface area contributed by atoms with Gasteiger partial charge in [0, 0.05) is 31.3 Å². The lowest BCUT2D eigenvalue weighted by Gasteiger charge is -2.05. The molecule has 0 aliphatic carbocycles. The van der Waals surface area contributed by atoms with Gasteiger partial charge in [0.1, 0.15) is 5.52 Å². The Morgan fingerprint density at radius 1 is 0.600 bits per heavy atom. The standard InChI is InChI=1S/C32H21NOS/c1-20-12-14-21(15-13-20)24-7-5-10-28-30(24)34-32(33-28)23-18-16-22(17-19-23)25-8-4-9-27-26-6-2-3-11-29(26)35-31(25)27/h2-19H,1H3. The predicted octanol–water partition coefficient (Wildman–Crippen LogP) is 9.51. The van der Waals surface area contributed by atoms with Crippen LogP contribution in [0.25, 0.3) is 65.0 Å². The summed E-state index contributed by atoms with van der Waals surface area (Å²) in [5, 5.41) is 2.64. The van der Waals surface area contributed by atoms with Crippen molar-refractivity contribution in [1.29, 1.82) is 0 Å². The van der Waals surface area contributed by atoms with E-state index in [9.17, 15) is 0 Å². The molecule has 2 aromatic heterocycles. The second-order valence-corrected chi connectivity index (χ2v) is 9.95. The Bertz CT molecular complexity index is 1840. The van der Waals surface area contributed by atoms with Crippen LogP contribution in [-0.2, 0) is 0 Å². The van der Waals surface area contributed by atoms with Gasteiger partial charge in [-0.25, -0.2) is 4.98 Å². The van der Waals surface area contributed by atoms with E-state index >= 15 is 0 Å². The van der Waals surface area contributed by atoms with Crippen molar-refractivity contribution < 1.29 is 4.42 Å². The van der Waals surface area contributed by atoms with Crippen molar-refractivity contribution >= 4 is 42.6 Å². The number of rotatable bonds is 3. The van der Waals surface area contributed by atoms with Gasteiger partial charge in [-0.1, -0.05) is 90.5 Å². The zero-order valence-corrected chi connectivity index (χ0v) is 20.0. The number of benzene rings is 5. The maximum absolute atomic E-state index is 6.32. The lowest BCUT2D eigenvalue weighted by Crippen LogP contribution is -1.81. The van der Waals surface area contributed by atoms with Crippen molar-refractivity contribution in [2.24, 2.45) is 0 Å². The Kier molecular flexibility index (Phi) is 4.58. The molecule has 0 spiro atoms. The monoisotopic (exact) mass is 467 g/mol. The van der Waals surface area contributed by atoms with Crippen LogP contribution < -0.4 is 0 Å². The van der Waals surface area contributed by atoms with Crippen LogP contribution in [0.2, 0.25) is 0 Å². The summed E-state index contributed by atoms with van der Waals surface area (Å²) in [5.74, 6) is 0.645. The fourth-order valence-corrected chi connectivity index (χ4v) is 6.04. The Hall–Kier alpha value is -4.21. The highest BCUT2D eigenvalue weighted by Crippen LogP contribution is 2.40. The fraction of sp³-hybridized carbons (Fsp3) is 0.0312. The molecular weight excluding hydrogens is 446 g/mol. The van der Waals surface area contributed by atoms with Crippen molar-refractivity contribution in [3.63, 3.8) is 0 Å². The van der Waals surface area contributed by atoms with Gasteiger partial charge in [0.25, 0.3) is 0 Å². The Balaban J connectivity index is 1.29. The first-order valence-corrected chi connectivity index (χ1v) is 12.5.